The quantitative estimate of drug-likeness (QED) is 0.658. The number of nitrogens with one attached hydrogen (secondary N) is 1. The van der Waals surface area contributed by atoms with Gasteiger partial charge in [0.1, 0.15) is 0 Å². The van der Waals surface area contributed by atoms with Gasteiger partial charge in [0.2, 0.25) is 5.91 Å². The smallest absolute Gasteiger partial charge is 0.234 e. The highest BCUT2D eigenvalue weighted by Gasteiger charge is 2.12. The van der Waals surface area contributed by atoms with Gasteiger partial charge < -0.3 is 5.32 Å². The van der Waals surface area contributed by atoms with Gasteiger partial charge in [0.15, 0.2) is 0 Å². The maximum Gasteiger partial charge on any atom is 0.234 e. The minimum absolute atomic E-state index is 0.0280. The number of thioether (sulfide) groups is 1. The van der Waals surface area contributed by atoms with Gasteiger partial charge in [-0.25, -0.2) is 0 Å². The Kier molecular flexibility index (Phi) is 4.48. The van der Waals surface area contributed by atoms with Crippen molar-refractivity contribution >= 4 is 56.4 Å². The molecule has 0 unspecified atom stereocenters. The predicted molar refractivity (Wildman–Crippen MR) is 92.6 cm³/mol. The van der Waals surface area contributed by atoms with E-state index in [-0.39, 0.29) is 5.91 Å². The Hall–Kier alpha value is -1.49. The Balaban J connectivity index is 1.66. The number of para-hydroxylation sites is 1. The summed E-state index contributed by atoms with van der Waals surface area (Å²) in [5.41, 5.74) is 0.811. The van der Waals surface area contributed by atoms with E-state index < -0.39 is 0 Å². The molecule has 2 aromatic carbocycles. The normalized spacial score (nSPS) is 10.7. The lowest BCUT2D eigenvalue weighted by molar-refractivity contribution is -0.113. The topological polar surface area (TPSA) is 29.1 Å². The number of carbonyl (C=O) groups excluding carboxylic acids is 1. The summed E-state index contributed by atoms with van der Waals surface area (Å²) < 4.78 is 2.13. The Morgan fingerprint density at radius 1 is 1.10 bits per heavy atom. The molecule has 5 heteroatoms. The molecule has 1 N–H and O–H groups in total. The molecule has 3 rings (SSSR count). The minimum atomic E-state index is -0.0280. The highest BCUT2D eigenvalue weighted by molar-refractivity contribution is 8.02. The average Bonchev–Trinajstić information content (AvgIpc) is 2.83. The standard InChI is InChI=1S/C16H12ClNOS2/c17-15-12-8-4-5-9-13(12)21-16(15)20-10-14(19)18-11-6-2-1-3-7-11/h1-9H,10H2,(H,18,19). The minimum Gasteiger partial charge on any atom is -0.325 e. The van der Waals surface area contributed by atoms with Gasteiger partial charge in [-0.2, -0.15) is 0 Å². The van der Waals surface area contributed by atoms with Crippen molar-refractivity contribution in [1.29, 1.82) is 0 Å². The second-order valence-corrected chi connectivity index (χ2v) is 7.08. The Morgan fingerprint density at radius 2 is 1.81 bits per heavy atom. The van der Waals surface area contributed by atoms with Crippen LogP contribution in [0.15, 0.2) is 58.8 Å². The molecule has 0 atom stereocenters. The van der Waals surface area contributed by atoms with E-state index in [1.54, 1.807) is 11.3 Å². The fraction of sp³-hybridized carbons (Fsp3) is 0.0625. The summed E-state index contributed by atoms with van der Waals surface area (Å²) in [4.78, 5) is 11.9. The fourth-order valence-corrected chi connectivity index (χ4v) is 4.51. The van der Waals surface area contributed by atoms with Crippen LogP contribution < -0.4 is 5.32 Å². The van der Waals surface area contributed by atoms with Crippen LogP contribution in [0.2, 0.25) is 5.02 Å². The van der Waals surface area contributed by atoms with Crippen molar-refractivity contribution < 1.29 is 4.79 Å². The Morgan fingerprint density at radius 3 is 2.57 bits per heavy atom. The van der Waals surface area contributed by atoms with E-state index in [0.29, 0.717) is 5.75 Å². The Labute approximate surface area is 136 Å². The van der Waals surface area contributed by atoms with Crippen molar-refractivity contribution in [2.45, 2.75) is 4.21 Å². The second kappa shape index (κ2) is 6.52. The molecule has 0 radical (unpaired) electrons. The summed E-state index contributed by atoms with van der Waals surface area (Å²) in [7, 11) is 0. The predicted octanol–water partition coefficient (Wildman–Crippen LogP) is 5.29. The van der Waals surface area contributed by atoms with Crippen molar-refractivity contribution in [3.05, 3.63) is 59.6 Å². The zero-order valence-electron chi connectivity index (χ0n) is 11.0. The largest absolute Gasteiger partial charge is 0.325 e. The lowest BCUT2D eigenvalue weighted by atomic mass is 10.3. The summed E-state index contributed by atoms with van der Waals surface area (Å²) in [6, 6.07) is 17.5. The number of hydrogen-bond donors (Lipinski definition) is 1. The van der Waals surface area contributed by atoms with E-state index >= 15 is 0 Å². The Bertz CT molecular complexity index is 770. The molecule has 21 heavy (non-hydrogen) atoms. The maximum absolute atomic E-state index is 11.9. The first-order valence-electron chi connectivity index (χ1n) is 6.39. The lowest BCUT2D eigenvalue weighted by Crippen LogP contribution is -2.13. The molecule has 106 valence electrons. The van der Waals surface area contributed by atoms with E-state index in [4.69, 9.17) is 11.6 Å². The summed E-state index contributed by atoms with van der Waals surface area (Å²) in [6.45, 7) is 0. The fourth-order valence-electron chi connectivity index (χ4n) is 1.93. The third kappa shape index (κ3) is 3.40. The number of benzene rings is 2. The third-order valence-electron chi connectivity index (χ3n) is 2.90. The molecule has 0 fully saturated rings. The summed E-state index contributed by atoms with van der Waals surface area (Å²) in [5, 5.41) is 4.66. The van der Waals surface area contributed by atoms with Crippen LogP contribution >= 0.6 is 34.7 Å². The van der Waals surface area contributed by atoms with Crippen LogP contribution in [0.3, 0.4) is 0 Å². The molecule has 0 aliphatic carbocycles. The summed E-state index contributed by atoms with van der Waals surface area (Å²) in [5.74, 6) is 0.321. The molecule has 0 bridgehead atoms. The number of rotatable bonds is 4. The van der Waals surface area contributed by atoms with Gasteiger partial charge in [-0.1, -0.05) is 48.0 Å². The lowest BCUT2D eigenvalue weighted by Gasteiger charge is -2.04. The highest BCUT2D eigenvalue weighted by atomic mass is 35.5. The van der Waals surface area contributed by atoms with Crippen molar-refractivity contribution in [3.63, 3.8) is 0 Å². The van der Waals surface area contributed by atoms with Crippen LogP contribution in [0.1, 0.15) is 0 Å². The second-order valence-electron chi connectivity index (χ2n) is 4.40. The molecule has 1 heterocycles. The van der Waals surface area contributed by atoms with Gasteiger partial charge in [0, 0.05) is 15.8 Å². The van der Waals surface area contributed by atoms with E-state index in [9.17, 15) is 4.79 Å². The van der Waals surface area contributed by atoms with Crippen molar-refractivity contribution in [2.75, 3.05) is 11.1 Å². The first kappa shape index (κ1) is 14.4. The van der Waals surface area contributed by atoms with Gasteiger partial charge in [-0.15, -0.1) is 23.1 Å². The molecule has 1 aromatic heterocycles. The molecule has 0 aliphatic rings. The average molecular weight is 334 g/mol. The van der Waals surface area contributed by atoms with Gasteiger partial charge in [-0.05, 0) is 18.2 Å². The first-order chi connectivity index (χ1) is 10.2. The van der Waals surface area contributed by atoms with E-state index in [1.807, 2.05) is 54.6 Å². The summed E-state index contributed by atoms with van der Waals surface area (Å²) >= 11 is 9.46. The number of carbonyl (C=O) groups is 1. The number of thiophene rings is 1. The monoisotopic (exact) mass is 333 g/mol. The molecule has 0 aliphatic heterocycles. The maximum atomic E-state index is 11.9. The molecule has 0 saturated carbocycles. The van der Waals surface area contributed by atoms with E-state index in [1.165, 1.54) is 11.8 Å². The van der Waals surface area contributed by atoms with Gasteiger partial charge in [0.25, 0.3) is 0 Å². The number of halogens is 1. The number of amides is 1. The van der Waals surface area contributed by atoms with Gasteiger partial charge in [-0.3, -0.25) is 4.79 Å². The van der Waals surface area contributed by atoms with Crippen LogP contribution in [0.5, 0.6) is 0 Å². The number of hydrogen-bond acceptors (Lipinski definition) is 3. The number of fused-ring (bicyclic) bond motifs is 1. The van der Waals surface area contributed by atoms with Crippen LogP contribution in [0, 0.1) is 0 Å². The third-order valence-corrected chi connectivity index (χ3v) is 5.96. The highest BCUT2D eigenvalue weighted by Crippen LogP contribution is 2.41. The molecule has 2 nitrogen and oxygen atoms in total. The number of anilines is 1. The SMILES string of the molecule is O=C(CSc1sc2ccccc2c1Cl)Nc1ccccc1. The zero-order chi connectivity index (χ0) is 14.7. The van der Waals surface area contributed by atoms with Gasteiger partial charge >= 0.3 is 0 Å². The van der Waals surface area contributed by atoms with Crippen LogP contribution in [0.4, 0.5) is 5.69 Å². The first-order valence-corrected chi connectivity index (χ1v) is 8.57. The molecule has 0 spiro atoms. The molecular weight excluding hydrogens is 322 g/mol. The van der Waals surface area contributed by atoms with Crippen molar-refractivity contribution in [2.24, 2.45) is 0 Å². The molecule has 1 amide bonds. The van der Waals surface area contributed by atoms with E-state index in [0.717, 1.165) is 25.0 Å². The van der Waals surface area contributed by atoms with Crippen molar-refractivity contribution in [3.8, 4) is 0 Å². The molecule has 3 aromatic rings. The van der Waals surface area contributed by atoms with E-state index in [2.05, 4.69) is 5.32 Å². The van der Waals surface area contributed by atoms with Gasteiger partial charge in [0.05, 0.1) is 15.0 Å². The van der Waals surface area contributed by atoms with Crippen molar-refractivity contribution in [1.82, 2.24) is 0 Å². The van der Waals surface area contributed by atoms with Crippen LogP contribution in [0.25, 0.3) is 10.1 Å². The molecular formula is C16H12ClNOS2. The van der Waals surface area contributed by atoms with Crippen LogP contribution in [-0.4, -0.2) is 11.7 Å². The summed E-state index contributed by atoms with van der Waals surface area (Å²) in [6.07, 6.45) is 0. The molecule has 0 saturated heterocycles. The zero-order valence-corrected chi connectivity index (χ0v) is 13.4. The van der Waals surface area contributed by atoms with Crippen LogP contribution in [-0.2, 0) is 4.79 Å².